The molecule has 6 rings (SSSR count). The zero-order valence-electron chi connectivity index (χ0n) is 22.7. The molecule has 42 heavy (non-hydrogen) atoms. The number of hydrogen-bond donors (Lipinski definition) is 2. The van der Waals surface area contributed by atoms with Crippen molar-refractivity contribution in [3.8, 4) is 22.9 Å². The number of nitrogens with one attached hydrogen (secondary N) is 1. The second-order valence-corrected chi connectivity index (χ2v) is 12.8. The molecular weight excluding hydrogens is 573 g/mol. The van der Waals surface area contributed by atoms with Crippen LogP contribution in [0.3, 0.4) is 0 Å². The summed E-state index contributed by atoms with van der Waals surface area (Å²) >= 11 is 0. The lowest BCUT2D eigenvalue weighted by Crippen LogP contribution is -2.34. The molecule has 222 valence electrons. The van der Waals surface area contributed by atoms with Gasteiger partial charge in [0.1, 0.15) is 0 Å². The lowest BCUT2D eigenvalue weighted by atomic mass is 9.93. The van der Waals surface area contributed by atoms with E-state index in [1.54, 1.807) is 25.1 Å². The summed E-state index contributed by atoms with van der Waals surface area (Å²) in [6.45, 7) is 2.65. The Morgan fingerprint density at radius 1 is 1.02 bits per heavy atom. The van der Waals surface area contributed by atoms with E-state index in [1.807, 2.05) is 0 Å². The van der Waals surface area contributed by atoms with Crippen molar-refractivity contribution >= 4 is 27.2 Å². The first-order valence-corrected chi connectivity index (χ1v) is 15.2. The normalized spacial score (nSPS) is 19.0. The number of aliphatic hydroxyl groups is 1. The number of anilines is 3. The monoisotopic (exact) mass is 602 g/mol. The van der Waals surface area contributed by atoms with Crippen LogP contribution in [0.4, 0.5) is 30.4 Å². The van der Waals surface area contributed by atoms with Gasteiger partial charge in [-0.2, -0.15) is 8.78 Å². The molecule has 2 fully saturated rings. The first-order chi connectivity index (χ1) is 20.0. The number of aliphatic hydroxyl groups excluding tert-OH is 1. The summed E-state index contributed by atoms with van der Waals surface area (Å²) < 4.78 is 75.8. The highest BCUT2D eigenvalue weighted by Crippen LogP contribution is 2.54. The molecule has 2 aliphatic heterocycles. The molecule has 0 unspecified atom stereocenters. The van der Waals surface area contributed by atoms with Crippen LogP contribution in [0.2, 0.25) is 0 Å². The minimum atomic E-state index is -3.75. The first-order valence-electron chi connectivity index (χ1n) is 13.5. The highest BCUT2D eigenvalue weighted by atomic mass is 32.2. The molecule has 1 spiro atoms. The highest BCUT2D eigenvalue weighted by Gasteiger charge is 2.44. The summed E-state index contributed by atoms with van der Waals surface area (Å²) in [6.07, 6.45) is 7.82. The molecule has 1 aromatic carbocycles. The summed E-state index contributed by atoms with van der Waals surface area (Å²) in [5.74, 6) is -4.62. The summed E-state index contributed by atoms with van der Waals surface area (Å²) in [4.78, 5) is 7.47. The number of nitrogens with zero attached hydrogens (tertiary/aromatic N) is 5. The smallest absolute Gasteiger partial charge is 0.288 e. The van der Waals surface area contributed by atoms with E-state index < -0.39 is 34.1 Å². The van der Waals surface area contributed by atoms with Crippen molar-refractivity contribution in [2.45, 2.75) is 38.5 Å². The fraction of sp³-hybridized carbons (Fsp3) is 0.393. The van der Waals surface area contributed by atoms with E-state index in [2.05, 4.69) is 24.8 Å². The van der Waals surface area contributed by atoms with Gasteiger partial charge < -0.3 is 19.3 Å². The number of alkyl halides is 2. The van der Waals surface area contributed by atoms with Crippen LogP contribution in [0, 0.1) is 18.2 Å². The van der Waals surface area contributed by atoms with Gasteiger partial charge in [-0.05, 0) is 62.3 Å². The van der Waals surface area contributed by atoms with Crippen LogP contribution in [0.15, 0.2) is 53.2 Å². The topological polar surface area (TPSA) is 125 Å². The molecule has 0 bridgehead atoms. The van der Waals surface area contributed by atoms with E-state index in [4.69, 9.17) is 9.52 Å². The van der Waals surface area contributed by atoms with Crippen LogP contribution >= 0.6 is 0 Å². The standard InChI is InChI=1S/C28H29F3N6O4S/c1-18-16-21(23(29)24(32-18)37-12-8-28(30,31)9-13-37)26-34-33-25(41-26)20-3-2-19(35-42(39,40)15-14-38)17-22(20)36-10-6-27(4-5-27)7-11-36/h2-3,8-9,12-13,16-17,35,38H,4-7,10-11,14-15H2,1H3. The summed E-state index contributed by atoms with van der Waals surface area (Å²) in [6, 6.07) is 6.35. The SMILES string of the molecule is Cc1cc(-c2nnc(-c3ccc(NS(=O)(=O)CCO)cc3N3CCC4(CC3)CC4)o2)c(F)c(N2C=CC(F)(F)C=C2)n1. The lowest BCUT2D eigenvalue weighted by molar-refractivity contribution is 0.109. The molecule has 0 radical (unpaired) electrons. The summed E-state index contributed by atoms with van der Waals surface area (Å²) in [5.41, 5.74) is 2.31. The molecule has 3 aliphatic rings. The van der Waals surface area contributed by atoms with Gasteiger partial charge in [0, 0.05) is 43.3 Å². The minimum Gasteiger partial charge on any atom is -0.416 e. The Morgan fingerprint density at radius 3 is 2.33 bits per heavy atom. The van der Waals surface area contributed by atoms with Gasteiger partial charge in [-0.1, -0.05) is 0 Å². The molecule has 14 heteroatoms. The second-order valence-electron chi connectivity index (χ2n) is 10.9. The van der Waals surface area contributed by atoms with Gasteiger partial charge >= 0.3 is 0 Å². The molecule has 10 nitrogen and oxygen atoms in total. The van der Waals surface area contributed by atoms with E-state index in [0.29, 0.717) is 40.2 Å². The van der Waals surface area contributed by atoms with Crippen LogP contribution in [0.25, 0.3) is 22.9 Å². The fourth-order valence-electron chi connectivity index (χ4n) is 5.30. The van der Waals surface area contributed by atoms with Crippen molar-refractivity contribution in [1.82, 2.24) is 15.2 Å². The fourth-order valence-corrected chi connectivity index (χ4v) is 6.13. The van der Waals surface area contributed by atoms with Gasteiger partial charge in [0.05, 0.1) is 34.9 Å². The van der Waals surface area contributed by atoms with Gasteiger partial charge in [-0.15, -0.1) is 10.2 Å². The molecule has 2 N–H and O–H groups in total. The van der Waals surface area contributed by atoms with Crippen LogP contribution in [-0.4, -0.2) is 60.1 Å². The van der Waals surface area contributed by atoms with Gasteiger partial charge in [0.25, 0.3) is 11.8 Å². The van der Waals surface area contributed by atoms with Gasteiger partial charge in [0.15, 0.2) is 11.6 Å². The first kappa shape index (κ1) is 28.2. The Labute approximate surface area is 240 Å². The number of aryl methyl sites for hydroxylation is 1. The molecule has 0 amide bonds. The number of piperidine rings is 1. The third-order valence-corrected chi connectivity index (χ3v) is 9.13. The van der Waals surface area contributed by atoms with Crippen molar-refractivity contribution < 1.29 is 31.1 Å². The molecule has 1 aliphatic carbocycles. The number of aromatic nitrogens is 3. The van der Waals surface area contributed by atoms with Gasteiger partial charge in [-0.3, -0.25) is 4.72 Å². The summed E-state index contributed by atoms with van der Waals surface area (Å²) in [7, 11) is -3.75. The average molecular weight is 603 g/mol. The zero-order valence-corrected chi connectivity index (χ0v) is 23.5. The van der Waals surface area contributed by atoms with Crippen LogP contribution in [-0.2, 0) is 10.0 Å². The molecule has 1 saturated carbocycles. The van der Waals surface area contributed by atoms with Crippen molar-refractivity contribution in [1.29, 1.82) is 0 Å². The number of hydrogen-bond acceptors (Lipinski definition) is 9. The van der Waals surface area contributed by atoms with Crippen LogP contribution < -0.4 is 14.5 Å². The molecular formula is C28H29F3N6O4S. The van der Waals surface area contributed by atoms with Crippen molar-refractivity contribution in [3.63, 3.8) is 0 Å². The minimum absolute atomic E-state index is 0.0426. The Morgan fingerprint density at radius 2 is 1.69 bits per heavy atom. The third-order valence-electron chi connectivity index (χ3n) is 7.87. The van der Waals surface area contributed by atoms with Crippen molar-refractivity contribution in [2.24, 2.45) is 5.41 Å². The average Bonchev–Trinajstić information content (AvgIpc) is 3.51. The molecule has 0 atom stereocenters. The van der Waals surface area contributed by atoms with Crippen molar-refractivity contribution in [3.05, 3.63) is 60.3 Å². The largest absolute Gasteiger partial charge is 0.416 e. The maximum absolute atomic E-state index is 15.7. The van der Waals surface area contributed by atoms with Crippen molar-refractivity contribution in [2.75, 3.05) is 40.0 Å². The maximum atomic E-state index is 15.7. The maximum Gasteiger partial charge on any atom is 0.288 e. The van der Waals surface area contributed by atoms with Gasteiger partial charge in [-0.25, -0.2) is 17.8 Å². The molecule has 2 aromatic heterocycles. The number of halogens is 3. The van der Waals surface area contributed by atoms with Crippen LogP contribution in [0.5, 0.6) is 0 Å². The van der Waals surface area contributed by atoms with E-state index in [-0.39, 0.29) is 23.2 Å². The Bertz CT molecular complexity index is 1660. The van der Waals surface area contributed by atoms with E-state index in [0.717, 1.165) is 43.2 Å². The second kappa shape index (κ2) is 10.4. The van der Waals surface area contributed by atoms with E-state index >= 15 is 4.39 Å². The number of pyridine rings is 1. The highest BCUT2D eigenvalue weighted by molar-refractivity contribution is 7.92. The number of sulfonamides is 1. The van der Waals surface area contributed by atoms with Crippen LogP contribution in [0.1, 0.15) is 31.4 Å². The Balaban J connectivity index is 1.35. The quantitative estimate of drug-likeness (QED) is 0.373. The lowest BCUT2D eigenvalue weighted by Gasteiger charge is -2.35. The number of allylic oxidation sites excluding steroid dienone is 2. The van der Waals surface area contributed by atoms with E-state index in [9.17, 15) is 17.2 Å². The Kier molecular flexibility index (Phi) is 7.00. The van der Waals surface area contributed by atoms with Gasteiger partial charge in [0.2, 0.25) is 15.9 Å². The zero-order chi connectivity index (χ0) is 29.7. The predicted molar refractivity (Wildman–Crippen MR) is 151 cm³/mol. The number of benzene rings is 1. The molecule has 1 saturated heterocycles. The number of rotatable bonds is 8. The van der Waals surface area contributed by atoms with E-state index in [1.165, 1.54) is 18.9 Å². The molecule has 3 aromatic rings. The third kappa shape index (κ3) is 5.73. The Hall–Kier alpha value is -3.91. The predicted octanol–water partition coefficient (Wildman–Crippen LogP) is 4.84. The summed E-state index contributed by atoms with van der Waals surface area (Å²) in [5, 5.41) is 17.4. The molecule has 4 heterocycles.